The van der Waals surface area contributed by atoms with E-state index < -0.39 is 11.9 Å². The minimum atomic E-state index is -0.732. The molecule has 1 aliphatic heterocycles. The second-order valence-electron chi connectivity index (χ2n) is 5.27. The zero-order valence-electron chi connectivity index (χ0n) is 13.7. The second kappa shape index (κ2) is 7.90. The van der Waals surface area contributed by atoms with Gasteiger partial charge in [0.25, 0.3) is 5.91 Å². The Morgan fingerprint density at radius 3 is 2.69 bits per heavy atom. The first-order chi connectivity index (χ1) is 12.7. The van der Waals surface area contributed by atoms with Crippen molar-refractivity contribution in [1.82, 2.24) is 5.32 Å². The molecule has 6 heteroatoms. The molecule has 0 aliphatic carbocycles. The van der Waals surface area contributed by atoms with E-state index in [1.807, 2.05) is 0 Å². The van der Waals surface area contributed by atoms with E-state index >= 15 is 0 Å². The number of carbonyl (C=O) groups is 2. The maximum Gasteiger partial charge on any atom is 0.355 e. The molecule has 0 unspecified atom stereocenters. The van der Waals surface area contributed by atoms with Crippen molar-refractivity contribution in [2.24, 2.45) is 0 Å². The number of benzene rings is 2. The molecule has 1 amide bonds. The topological polar surface area (TPSA) is 73.9 Å². The van der Waals surface area contributed by atoms with Gasteiger partial charge in [-0.1, -0.05) is 30.2 Å². The number of esters is 1. The van der Waals surface area contributed by atoms with Crippen molar-refractivity contribution in [3.05, 3.63) is 65.4 Å². The first-order valence-corrected chi connectivity index (χ1v) is 7.75. The summed E-state index contributed by atoms with van der Waals surface area (Å²) in [5.41, 5.74) is 1.01. The standard InChI is InChI=1S/C20H15NO5/c1-2-10-24-20(23)16(21-19(22)15-6-4-3-5-7-15)11-14-8-9-17-18(12-14)26-13-25-17/h1,3-9,11-12H,10,13H2,(H,21,22). The summed E-state index contributed by atoms with van der Waals surface area (Å²) in [5.74, 6) is 2.23. The van der Waals surface area contributed by atoms with Crippen molar-refractivity contribution in [1.29, 1.82) is 0 Å². The third-order valence-electron chi connectivity index (χ3n) is 3.50. The summed E-state index contributed by atoms with van der Waals surface area (Å²) < 4.78 is 15.5. The number of terminal acetylenes is 1. The SMILES string of the molecule is C#CCOC(=O)C(=Cc1ccc2c(c1)OCO2)NC(=O)c1ccccc1. The summed E-state index contributed by atoms with van der Waals surface area (Å²) in [6.45, 7) is -0.0527. The molecule has 0 aromatic heterocycles. The molecule has 0 radical (unpaired) electrons. The van der Waals surface area contributed by atoms with E-state index in [1.165, 1.54) is 6.08 Å². The van der Waals surface area contributed by atoms with Gasteiger partial charge in [-0.2, -0.15) is 0 Å². The van der Waals surface area contributed by atoms with E-state index in [9.17, 15) is 9.59 Å². The highest BCUT2D eigenvalue weighted by Crippen LogP contribution is 2.33. The predicted octanol–water partition coefficient (Wildman–Crippen LogP) is 2.36. The van der Waals surface area contributed by atoms with Crippen LogP contribution in [0.3, 0.4) is 0 Å². The number of ether oxygens (including phenoxy) is 3. The maximum atomic E-state index is 12.4. The Morgan fingerprint density at radius 1 is 1.15 bits per heavy atom. The molecule has 130 valence electrons. The highest BCUT2D eigenvalue weighted by atomic mass is 16.7. The van der Waals surface area contributed by atoms with Gasteiger partial charge in [-0.05, 0) is 35.9 Å². The zero-order chi connectivity index (χ0) is 18.4. The Kier molecular flexibility index (Phi) is 5.20. The van der Waals surface area contributed by atoms with E-state index in [0.717, 1.165) is 0 Å². The molecule has 0 spiro atoms. The number of hydrogen-bond acceptors (Lipinski definition) is 5. The summed E-state index contributed by atoms with van der Waals surface area (Å²) >= 11 is 0. The molecule has 0 bridgehead atoms. The molecule has 1 heterocycles. The van der Waals surface area contributed by atoms with Gasteiger partial charge >= 0.3 is 5.97 Å². The zero-order valence-corrected chi connectivity index (χ0v) is 13.7. The van der Waals surface area contributed by atoms with E-state index in [0.29, 0.717) is 22.6 Å². The normalized spacial score (nSPS) is 12.2. The molecule has 0 saturated carbocycles. The van der Waals surface area contributed by atoms with Crippen LogP contribution >= 0.6 is 0 Å². The van der Waals surface area contributed by atoms with Crippen LogP contribution < -0.4 is 14.8 Å². The van der Waals surface area contributed by atoms with Crippen LogP contribution in [0.15, 0.2) is 54.2 Å². The van der Waals surface area contributed by atoms with Gasteiger partial charge in [-0.15, -0.1) is 6.42 Å². The fraction of sp³-hybridized carbons (Fsp3) is 0.100. The van der Waals surface area contributed by atoms with Crippen LogP contribution in [0.4, 0.5) is 0 Å². The Morgan fingerprint density at radius 2 is 1.92 bits per heavy atom. The first kappa shape index (κ1) is 17.1. The van der Waals surface area contributed by atoms with Gasteiger partial charge in [-0.25, -0.2) is 4.79 Å². The van der Waals surface area contributed by atoms with Crippen LogP contribution in [-0.4, -0.2) is 25.3 Å². The van der Waals surface area contributed by atoms with Crippen molar-refractivity contribution < 1.29 is 23.8 Å². The molecule has 3 rings (SSSR count). The quantitative estimate of drug-likeness (QED) is 0.510. The van der Waals surface area contributed by atoms with Crippen LogP contribution in [-0.2, 0) is 9.53 Å². The Balaban J connectivity index is 1.86. The minimum Gasteiger partial charge on any atom is -0.454 e. The monoisotopic (exact) mass is 349 g/mol. The van der Waals surface area contributed by atoms with E-state index in [1.54, 1.807) is 48.5 Å². The van der Waals surface area contributed by atoms with Crippen molar-refractivity contribution in [3.8, 4) is 23.8 Å². The van der Waals surface area contributed by atoms with Crippen molar-refractivity contribution >= 4 is 18.0 Å². The Bertz CT molecular complexity index is 896. The summed E-state index contributed by atoms with van der Waals surface area (Å²) in [5, 5.41) is 2.57. The lowest BCUT2D eigenvalue weighted by Gasteiger charge is -2.09. The van der Waals surface area contributed by atoms with Gasteiger partial charge in [0.2, 0.25) is 6.79 Å². The summed E-state index contributed by atoms with van der Waals surface area (Å²) in [7, 11) is 0. The molecular formula is C20H15NO5. The molecule has 2 aromatic carbocycles. The fourth-order valence-electron chi connectivity index (χ4n) is 2.28. The van der Waals surface area contributed by atoms with Crippen LogP contribution in [0, 0.1) is 12.3 Å². The van der Waals surface area contributed by atoms with Gasteiger partial charge in [0, 0.05) is 5.56 Å². The molecule has 6 nitrogen and oxygen atoms in total. The lowest BCUT2D eigenvalue weighted by Crippen LogP contribution is -2.28. The van der Waals surface area contributed by atoms with E-state index in [2.05, 4.69) is 11.2 Å². The Hall–Kier alpha value is -3.72. The average Bonchev–Trinajstić information content (AvgIpc) is 3.14. The van der Waals surface area contributed by atoms with Gasteiger partial charge in [0.05, 0.1) is 0 Å². The lowest BCUT2D eigenvalue weighted by molar-refractivity contribution is -0.137. The number of amides is 1. The number of hydrogen-bond donors (Lipinski definition) is 1. The summed E-state index contributed by atoms with van der Waals surface area (Å²) in [6, 6.07) is 13.7. The minimum absolute atomic E-state index is 0.0343. The van der Waals surface area contributed by atoms with Crippen LogP contribution in [0.1, 0.15) is 15.9 Å². The lowest BCUT2D eigenvalue weighted by atomic mass is 10.1. The van der Waals surface area contributed by atoms with E-state index in [4.69, 9.17) is 20.6 Å². The fourth-order valence-corrected chi connectivity index (χ4v) is 2.28. The van der Waals surface area contributed by atoms with Crippen LogP contribution in [0.2, 0.25) is 0 Å². The molecule has 1 aliphatic rings. The van der Waals surface area contributed by atoms with Gasteiger partial charge in [0.1, 0.15) is 5.70 Å². The second-order valence-corrected chi connectivity index (χ2v) is 5.27. The van der Waals surface area contributed by atoms with Gasteiger partial charge < -0.3 is 19.5 Å². The molecule has 2 aromatic rings. The molecule has 0 atom stereocenters. The maximum absolute atomic E-state index is 12.4. The third kappa shape index (κ3) is 4.02. The largest absolute Gasteiger partial charge is 0.454 e. The summed E-state index contributed by atoms with van der Waals surface area (Å²) in [4.78, 5) is 24.6. The first-order valence-electron chi connectivity index (χ1n) is 7.75. The average molecular weight is 349 g/mol. The molecular weight excluding hydrogens is 334 g/mol. The highest BCUT2D eigenvalue weighted by molar-refractivity contribution is 6.03. The Labute approximate surface area is 150 Å². The van der Waals surface area contributed by atoms with E-state index in [-0.39, 0.29) is 19.1 Å². The van der Waals surface area contributed by atoms with Crippen molar-refractivity contribution in [3.63, 3.8) is 0 Å². The molecule has 0 fully saturated rings. The molecule has 26 heavy (non-hydrogen) atoms. The number of rotatable bonds is 5. The third-order valence-corrected chi connectivity index (χ3v) is 3.50. The van der Waals surface area contributed by atoms with Gasteiger partial charge in [-0.3, -0.25) is 4.79 Å². The molecule has 1 N–H and O–H groups in total. The molecule has 0 saturated heterocycles. The van der Waals surface area contributed by atoms with Crippen LogP contribution in [0.25, 0.3) is 6.08 Å². The number of fused-ring (bicyclic) bond motifs is 1. The highest BCUT2D eigenvalue weighted by Gasteiger charge is 2.17. The van der Waals surface area contributed by atoms with Crippen molar-refractivity contribution in [2.75, 3.05) is 13.4 Å². The van der Waals surface area contributed by atoms with Crippen LogP contribution in [0.5, 0.6) is 11.5 Å². The van der Waals surface area contributed by atoms with Crippen molar-refractivity contribution in [2.45, 2.75) is 0 Å². The van der Waals surface area contributed by atoms with Gasteiger partial charge in [0.15, 0.2) is 18.1 Å². The smallest absolute Gasteiger partial charge is 0.355 e. The number of nitrogens with one attached hydrogen (secondary N) is 1. The predicted molar refractivity (Wildman–Crippen MR) is 94.2 cm³/mol. The number of carbonyl (C=O) groups excluding carboxylic acids is 2. The summed E-state index contributed by atoms with van der Waals surface area (Å²) in [6.07, 6.45) is 6.61.